The average Bonchev–Trinajstić information content (AvgIpc) is 2.37. The Hall–Kier alpha value is -1.95. The average molecular weight is 269 g/mol. The van der Waals surface area contributed by atoms with E-state index in [9.17, 15) is 14.0 Å². The maximum absolute atomic E-state index is 13.4. The van der Waals surface area contributed by atoms with E-state index in [1.807, 2.05) is 0 Å². The van der Waals surface area contributed by atoms with Crippen molar-refractivity contribution < 1.29 is 23.8 Å². The molecule has 0 heterocycles. The number of hydrogen-bond donors (Lipinski definition) is 1. The van der Waals surface area contributed by atoms with Crippen LogP contribution in [0.25, 0.3) is 0 Å². The number of rotatable bonds is 6. The summed E-state index contributed by atoms with van der Waals surface area (Å²) in [6.07, 6.45) is -1.05. The van der Waals surface area contributed by atoms with Crippen LogP contribution in [0.15, 0.2) is 24.3 Å². The van der Waals surface area contributed by atoms with Crippen LogP contribution in [0.2, 0.25) is 0 Å². The number of carboxylic acid groups (broad SMARTS) is 1. The third-order valence-corrected chi connectivity index (χ3v) is 2.60. The van der Waals surface area contributed by atoms with Crippen molar-refractivity contribution in [2.24, 2.45) is 0 Å². The lowest BCUT2D eigenvalue weighted by Gasteiger charge is -2.18. The van der Waals surface area contributed by atoms with E-state index in [2.05, 4.69) is 0 Å². The standard InChI is InChI=1S/C13H16FNO4/c1-9(13(17)18)19-8-12(16)15(2)7-10-5-3-4-6-11(10)14/h3-6,9H,7-8H2,1-2H3,(H,17,18)/t9-/m0/s1. The quantitative estimate of drug-likeness (QED) is 0.844. The lowest BCUT2D eigenvalue weighted by atomic mass is 10.2. The Labute approximate surface area is 110 Å². The molecule has 0 bridgehead atoms. The molecule has 0 aromatic heterocycles. The molecule has 5 nitrogen and oxygen atoms in total. The van der Waals surface area contributed by atoms with Gasteiger partial charge < -0.3 is 14.7 Å². The molecule has 1 aromatic rings. The minimum Gasteiger partial charge on any atom is -0.479 e. The third kappa shape index (κ3) is 4.67. The van der Waals surface area contributed by atoms with Crippen LogP contribution in [-0.2, 0) is 20.9 Å². The van der Waals surface area contributed by atoms with Crippen LogP contribution >= 0.6 is 0 Å². The molecule has 0 unspecified atom stereocenters. The number of ether oxygens (including phenoxy) is 1. The molecule has 19 heavy (non-hydrogen) atoms. The summed E-state index contributed by atoms with van der Waals surface area (Å²) in [4.78, 5) is 23.5. The maximum Gasteiger partial charge on any atom is 0.332 e. The van der Waals surface area contributed by atoms with E-state index in [-0.39, 0.29) is 19.0 Å². The Bertz CT molecular complexity index is 464. The van der Waals surface area contributed by atoms with Crippen LogP contribution in [0.5, 0.6) is 0 Å². The van der Waals surface area contributed by atoms with Crippen LogP contribution < -0.4 is 0 Å². The highest BCUT2D eigenvalue weighted by Crippen LogP contribution is 2.09. The van der Waals surface area contributed by atoms with E-state index in [0.29, 0.717) is 5.56 Å². The predicted molar refractivity (Wildman–Crippen MR) is 65.9 cm³/mol. The van der Waals surface area contributed by atoms with Gasteiger partial charge in [-0.15, -0.1) is 0 Å². The molecule has 6 heteroatoms. The zero-order valence-electron chi connectivity index (χ0n) is 10.8. The number of benzene rings is 1. The molecular formula is C13H16FNO4. The number of hydrogen-bond acceptors (Lipinski definition) is 3. The molecule has 1 aromatic carbocycles. The van der Waals surface area contributed by atoms with Crippen LogP contribution in [0.3, 0.4) is 0 Å². The highest BCUT2D eigenvalue weighted by Gasteiger charge is 2.16. The van der Waals surface area contributed by atoms with E-state index in [0.717, 1.165) is 0 Å². The molecule has 0 aliphatic carbocycles. The smallest absolute Gasteiger partial charge is 0.332 e. The summed E-state index contributed by atoms with van der Waals surface area (Å²) >= 11 is 0. The van der Waals surface area contributed by atoms with Crippen molar-refractivity contribution in [3.63, 3.8) is 0 Å². The van der Waals surface area contributed by atoms with Gasteiger partial charge >= 0.3 is 5.97 Å². The number of carbonyl (C=O) groups excluding carboxylic acids is 1. The summed E-state index contributed by atoms with van der Waals surface area (Å²) in [5, 5.41) is 8.61. The highest BCUT2D eigenvalue weighted by atomic mass is 19.1. The molecule has 0 radical (unpaired) electrons. The van der Waals surface area contributed by atoms with Gasteiger partial charge in [-0.25, -0.2) is 9.18 Å². The monoisotopic (exact) mass is 269 g/mol. The summed E-state index contributed by atoms with van der Waals surface area (Å²) in [5.74, 6) is -1.93. The number of likely N-dealkylation sites (N-methyl/N-ethyl adjacent to an activating group) is 1. The lowest BCUT2D eigenvalue weighted by molar-refractivity contribution is -0.152. The van der Waals surface area contributed by atoms with Crippen molar-refractivity contribution in [3.8, 4) is 0 Å². The van der Waals surface area contributed by atoms with E-state index >= 15 is 0 Å². The Kier molecular flexibility index (Phi) is 5.44. The van der Waals surface area contributed by atoms with E-state index in [1.54, 1.807) is 18.2 Å². The van der Waals surface area contributed by atoms with Gasteiger partial charge in [0, 0.05) is 19.2 Å². The lowest BCUT2D eigenvalue weighted by Crippen LogP contribution is -2.33. The molecule has 1 rings (SSSR count). The first-order valence-electron chi connectivity index (χ1n) is 5.73. The molecule has 0 fully saturated rings. The van der Waals surface area contributed by atoms with Crippen molar-refractivity contribution in [3.05, 3.63) is 35.6 Å². The van der Waals surface area contributed by atoms with Crippen molar-refractivity contribution in [2.75, 3.05) is 13.7 Å². The number of carbonyl (C=O) groups is 2. The number of aliphatic carboxylic acids is 1. The topological polar surface area (TPSA) is 66.8 Å². The fourth-order valence-corrected chi connectivity index (χ4v) is 1.35. The summed E-state index contributed by atoms with van der Waals surface area (Å²) in [5.41, 5.74) is 0.393. The molecule has 1 atom stereocenters. The Morgan fingerprint density at radius 3 is 2.63 bits per heavy atom. The van der Waals surface area contributed by atoms with Crippen molar-refractivity contribution >= 4 is 11.9 Å². The molecular weight excluding hydrogens is 253 g/mol. The van der Waals surface area contributed by atoms with Crippen molar-refractivity contribution in [1.29, 1.82) is 0 Å². The first-order chi connectivity index (χ1) is 8.91. The van der Waals surface area contributed by atoms with Gasteiger partial charge in [-0.2, -0.15) is 0 Å². The molecule has 0 saturated carbocycles. The van der Waals surface area contributed by atoms with Gasteiger partial charge in [0.25, 0.3) is 0 Å². The Balaban J connectivity index is 2.50. The second kappa shape index (κ2) is 6.84. The molecule has 1 N–H and O–H groups in total. The summed E-state index contributed by atoms with van der Waals surface area (Å²) in [6, 6.07) is 6.15. The first-order valence-corrected chi connectivity index (χ1v) is 5.73. The van der Waals surface area contributed by atoms with Gasteiger partial charge in [0.1, 0.15) is 12.4 Å². The predicted octanol–water partition coefficient (Wildman–Crippen LogP) is 1.27. The van der Waals surface area contributed by atoms with Crippen LogP contribution in [0.1, 0.15) is 12.5 Å². The van der Waals surface area contributed by atoms with Crippen LogP contribution in [0, 0.1) is 5.82 Å². The molecule has 0 aliphatic rings. The Morgan fingerprint density at radius 2 is 2.05 bits per heavy atom. The number of amides is 1. The fourth-order valence-electron chi connectivity index (χ4n) is 1.35. The highest BCUT2D eigenvalue weighted by molar-refractivity contribution is 5.78. The van der Waals surface area contributed by atoms with Gasteiger partial charge in [-0.1, -0.05) is 18.2 Å². The number of halogens is 1. The van der Waals surface area contributed by atoms with E-state index in [1.165, 1.54) is 24.9 Å². The third-order valence-electron chi connectivity index (χ3n) is 2.60. The zero-order valence-corrected chi connectivity index (χ0v) is 10.8. The van der Waals surface area contributed by atoms with Gasteiger partial charge in [-0.3, -0.25) is 4.79 Å². The molecule has 0 spiro atoms. The summed E-state index contributed by atoms with van der Waals surface area (Å²) in [6.45, 7) is 1.10. The van der Waals surface area contributed by atoms with Crippen molar-refractivity contribution in [1.82, 2.24) is 4.90 Å². The minimum absolute atomic E-state index is 0.107. The van der Waals surface area contributed by atoms with Gasteiger partial charge in [0.05, 0.1) is 0 Å². The zero-order chi connectivity index (χ0) is 14.4. The SMILES string of the molecule is C[C@H](OCC(=O)N(C)Cc1ccccc1F)C(=O)O. The first kappa shape index (κ1) is 15.1. The van der Waals surface area contributed by atoms with Crippen LogP contribution in [-0.4, -0.2) is 41.6 Å². The second-order valence-electron chi connectivity index (χ2n) is 4.13. The largest absolute Gasteiger partial charge is 0.479 e. The molecule has 0 saturated heterocycles. The maximum atomic E-state index is 13.4. The molecule has 104 valence electrons. The van der Waals surface area contributed by atoms with Gasteiger partial charge in [0.2, 0.25) is 5.91 Å². The molecule has 1 amide bonds. The number of nitrogens with zero attached hydrogens (tertiary/aromatic N) is 1. The summed E-state index contributed by atoms with van der Waals surface area (Å²) in [7, 11) is 1.50. The minimum atomic E-state index is -1.13. The van der Waals surface area contributed by atoms with Gasteiger partial charge in [-0.05, 0) is 13.0 Å². The van der Waals surface area contributed by atoms with E-state index < -0.39 is 18.0 Å². The molecule has 0 aliphatic heterocycles. The fraction of sp³-hybridized carbons (Fsp3) is 0.385. The van der Waals surface area contributed by atoms with Crippen LogP contribution in [0.4, 0.5) is 4.39 Å². The summed E-state index contributed by atoms with van der Waals surface area (Å²) < 4.78 is 18.3. The van der Waals surface area contributed by atoms with Crippen molar-refractivity contribution in [2.45, 2.75) is 19.6 Å². The van der Waals surface area contributed by atoms with E-state index in [4.69, 9.17) is 9.84 Å². The number of carboxylic acids is 1. The Morgan fingerprint density at radius 1 is 1.42 bits per heavy atom. The second-order valence-corrected chi connectivity index (χ2v) is 4.13. The normalized spacial score (nSPS) is 11.9. The van der Waals surface area contributed by atoms with Gasteiger partial charge in [0.15, 0.2) is 6.10 Å².